The molecule has 3 nitrogen and oxygen atoms in total. The number of hydrogen-bond donors (Lipinski definition) is 1. The Hall–Kier alpha value is -1.65. The molecule has 1 heterocycles. The van der Waals surface area contributed by atoms with Gasteiger partial charge in [0.2, 0.25) is 0 Å². The van der Waals surface area contributed by atoms with Gasteiger partial charge in [-0.3, -0.25) is 4.79 Å². The van der Waals surface area contributed by atoms with E-state index in [9.17, 15) is 4.79 Å². The smallest absolute Gasteiger partial charge is 0.251 e. The Labute approximate surface area is 123 Å². The molecule has 0 saturated carbocycles. The molecule has 1 aromatic heterocycles. The fraction of sp³-hybridized carbons (Fsp3) is 0.312. The van der Waals surface area contributed by atoms with E-state index in [-0.39, 0.29) is 12.0 Å². The van der Waals surface area contributed by atoms with E-state index in [4.69, 9.17) is 4.74 Å². The van der Waals surface area contributed by atoms with Crippen LogP contribution in [0, 0.1) is 13.8 Å². The molecule has 0 spiro atoms. The van der Waals surface area contributed by atoms with Gasteiger partial charge in [-0.05, 0) is 37.6 Å². The van der Waals surface area contributed by atoms with Crippen LogP contribution < -0.4 is 5.32 Å². The van der Waals surface area contributed by atoms with E-state index in [2.05, 4.69) is 18.3 Å². The molecule has 0 bridgehead atoms. The molecule has 2 aromatic rings. The van der Waals surface area contributed by atoms with Crippen LogP contribution in [0.2, 0.25) is 0 Å². The van der Waals surface area contributed by atoms with Gasteiger partial charge in [0.05, 0.1) is 0 Å². The average Bonchev–Trinajstić information content (AvgIpc) is 2.86. The van der Waals surface area contributed by atoms with E-state index in [0.29, 0.717) is 12.1 Å². The number of ether oxygens (including phenoxy) is 1. The zero-order chi connectivity index (χ0) is 14.5. The van der Waals surface area contributed by atoms with Crippen molar-refractivity contribution in [2.75, 3.05) is 13.7 Å². The first-order valence-corrected chi connectivity index (χ1v) is 7.36. The number of methoxy groups -OCH3 is 1. The Morgan fingerprint density at radius 3 is 2.60 bits per heavy atom. The molecule has 106 valence electrons. The second-order valence-corrected chi connectivity index (χ2v) is 6.02. The first-order chi connectivity index (χ1) is 9.61. The fourth-order valence-electron chi connectivity index (χ4n) is 2.03. The molecular formula is C16H19NO2S. The molecule has 0 saturated heterocycles. The summed E-state index contributed by atoms with van der Waals surface area (Å²) in [5.74, 6) is -0.0570. The quantitative estimate of drug-likeness (QED) is 0.915. The molecule has 4 heteroatoms. The van der Waals surface area contributed by atoms with Crippen molar-refractivity contribution in [2.24, 2.45) is 0 Å². The second kappa shape index (κ2) is 6.68. The van der Waals surface area contributed by atoms with Crippen molar-refractivity contribution in [3.8, 4) is 0 Å². The van der Waals surface area contributed by atoms with Gasteiger partial charge >= 0.3 is 0 Å². The van der Waals surface area contributed by atoms with Crippen LogP contribution in [0.3, 0.4) is 0 Å². The maximum absolute atomic E-state index is 12.2. The summed E-state index contributed by atoms with van der Waals surface area (Å²) in [6.07, 6.45) is -0.0957. The Kier molecular flexibility index (Phi) is 4.93. The summed E-state index contributed by atoms with van der Waals surface area (Å²) in [5.41, 5.74) is 1.69. The molecule has 0 aliphatic carbocycles. The van der Waals surface area contributed by atoms with Crippen molar-refractivity contribution in [3.05, 3.63) is 57.3 Å². The predicted molar refractivity (Wildman–Crippen MR) is 82.3 cm³/mol. The van der Waals surface area contributed by atoms with Crippen LogP contribution in [0.4, 0.5) is 0 Å². The zero-order valence-electron chi connectivity index (χ0n) is 12.0. The molecule has 20 heavy (non-hydrogen) atoms. The third-order valence-electron chi connectivity index (χ3n) is 3.20. The molecule has 2 rings (SSSR count). The molecule has 0 aliphatic rings. The van der Waals surface area contributed by atoms with Crippen LogP contribution >= 0.6 is 11.3 Å². The number of hydrogen-bond acceptors (Lipinski definition) is 3. The monoisotopic (exact) mass is 289 g/mol. The third kappa shape index (κ3) is 3.46. The van der Waals surface area contributed by atoms with Crippen molar-refractivity contribution < 1.29 is 9.53 Å². The maximum atomic E-state index is 12.2. The number of amides is 1. The van der Waals surface area contributed by atoms with E-state index < -0.39 is 0 Å². The fourth-order valence-corrected chi connectivity index (χ4v) is 2.99. The van der Waals surface area contributed by atoms with E-state index >= 15 is 0 Å². The van der Waals surface area contributed by atoms with Crippen LogP contribution in [0.25, 0.3) is 0 Å². The highest BCUT2D eigenvalue weighted by atomic mass is 32.1. The van der Waals surface area contributed by atoms with Gasteiger partial charge in [0.15, 0.2) is 0 Å². The first-order valence-electron chi connectivity index (χ1n) is 6.54. The Morgan fingerprint density at radius 2 is 2.00 bits per heavy atom. The number of rotatable bonds is 5. The van der Waals surface area contributed by atoms with Crippen LogP contribution in [-0.2, 0) is 4.74 Å². The highest BCUT2D eigenvalue weighted by Crippen LogP contribution is 2.24. The van der Waals surface area contributed by atoms with E-state index in [1.807, 2.05) is 37.3 Å². The lowest BCUT2D eigenvalue weighted by Gasteiger charge is -2.15. The van der Waals surface area contributed by atoms with Gasteiger partial charge in [0, 0.05) is 29.0 Å². The summed E-state index contributed by atoms with van der Waals surface area (Å²) in [4.78, 5) is 14.5. The Bertz CT molecular complexity index is 592. The van der Waals surface area contributed by atoms with Crippen molar-refractivity contribution in [1.29, 1.82) is 0 Å². The van der Waals surface area contributed by atoms with Crippen molar-refractivity contribution in [2.45, 2.75) is 20.0 Å². The van der Waals surface area contributed by atoms with Gasteiger partial charge in [0.1, 0.15) is 6.10 Å². The summed E-state index contributed by atoms with van der Waals surface area (Å²) < 4.78 is 5.46. The summed E-state index contributed by atoms with van der Waals surface area (Å²) >= 11 is 1.69. The molecule has 1 unspecified atom stereocenters. The molecule has 1 amide bonds. The summed E-state index contributed by atoms with van der Waals surface area (Å²) in [6.45, 7) is 4.47. The lowest BCUT2D eigenvalue weighted by atomic mass is 10.1. The largest absolute Gasteiger partial charge is 0.374 e. The van der Waals surface area contributed by atoms with Gasteiger partial charge < -0.3 is 10.1 Å². The topological polar surface area (TPSA) is 38.3 Å². The number of benzene rings is 1. The van der Waals surface area contributed by atoms with Gasteiger partial charge in [0.25, 0.3) is 5.91 Å². The van der Waals surface area contributed by atoms with E-state index in [0.717, 1.165) is 10.4 Å². The minimum absolute atomic E-state index is 0.0570. The van der Waals surface area contributed by atoms with E-state index in [1.54, 1.807) is 18.4 Å². The number of carbonyl (C=O) groups is 1. The number of nitrogens with one attached hydrogen (secondary N) is 1. The van der Waals surface area contributed by atoms with Crippen molar-refractivity contribution in [3.63, 3.8) is 0 Å². The highest BCUT2D eigenvalue weighted by Gasteiger charge is 2.15. The highest BCUT2D eigenvalue weighted by molar-refractivity contribution is 7.12. The predicted octanol–water partition coefficient (Wildman–Crippen LogP) is 3.48. The SMILES string of the molecule is COC(CNC(=O)c1ccccc1C)c1ccc(C)s1. The maximum Gasteiger partial charge on any atom is 0.251 e. The lowest BCUT2D eigenvalue weighted by molar-refractivity contribution is 0.0837. The summed E-state index contributed by atoms with van der Waals surface area (Å²) in [5, 5.41) is 2.94. The minimum Gasteiger partial charge on any atom is -0.374 e. The standard InChI is InChI=1S/C16H19NO2S/c1-11-6-4-5-7-13(11)16(18)17-10-14(19-3)15-9-8-12(2)20-15/h4-9,14H,10H2,1-3H3,(H,17,18). The number of carbonyl (C=O) groups excluding carboxylic acids is 1. The van der Waals surface area contributed by atoms with Crippen LogP contribution in [0.15, 0.2) is 36.4 Å². The number of aryl methyl sites for hydroxylation is 2. The Balaban J connectivity index is 2.00. The van der Waals surface area contributed by atoms with Gasteiger partial charge in [-0.2, -0.15) is 0 Å². The van der Waals surface area contributed by atoms with Crippen LogP contribution in [-0.4, -0.2) is 19.6 Å². The molecule has 1 atom stereocenters. The third-order valence-corrected chi connectivity index (χ3v) is 4.29. The van der Waals surface area contributed by atoms with Gasteiger partial charge in [-0.25, -0.2) is 0 Å². The molecule has 0 fully saturated rings. The zero-order valence-corrected chi connectivity index (χ0v) is 12.8. The minimum atomic E-state index is -0.0957. The molecule has 1 N–H and O–H groups in total. The number of thiophene rings is 1. The first kappa shape index (κ1) is 14.8. The molecule has 0 aliphatic heterocycles. The lowest BCUT2D eigenvalue weighted by Crippen LogP contribution is -2.29. The average molecular weight is 289 g/mol. The normalized spacial score (nSPS) is 12.2. The molecular weight excluding hydrogens is 270 g/mol. The Morgan fingerprint density at radius 1 is 1.25 bits per heavy atom. The molecule has 1 aromatic carbocycles. The van der Waals surface area contributed by atoms with Crippen molar-refractivity contribution in [1.82, 2.24) is 5.32 Å². The van der Waals surface area contributed by atoms with Gasteiger partial charge in [-0.15, -0.1) is 11.3 Å². The van der Waals surface area contributed by atoms with Gasteiger partial charge in [-0.1, -0.05) is 18.2 Å². The van der Waals surface area contributed by atoms with Crippen LogP contribution in [0.5, 0.6) is 0 Å². The van der Waals surface area contributed by atoms with Crippen LogP contribution in [0.1, 0.15) is 31.8 Å². The van der Waals surface area contributed by atoms with Crippen molar-refractivity contribution >= 4 is 17.2 Å². The van der Waals surface area contributed by atoms with E-state index in [1.165, 1.54) is 4.88 Å². The molecule has 0 radical (unpaired) electrons. The summed E-state index contributed by atoms with van der Waals surface area (Å²) in [7, 11) is 1.67. The summed E-state index contributed by atoms with van der Waals surface area (Å²) in [6, 6.07) is 11.7. The second-order valence-electron chi connectivity index (χ2n) is 4.70.